The number of amides is 1. The summed E-state index contributed by atoms with van der Waals surface area (Å²) in [4.78, 5) is 18.1. The summed E-state index contributed by atoms with van der Waals surface area (Å²) in [6.07, 6.45) is 7.70. The van der Waals surface area contributed by atoms with Gasteiger partial charge in [0.1, 0.15) is 11.2 Å². The zero-order valence-electron chi connectivity index (χ0n) is 14.4. The molecule has 1 saturated carbocycles. The molecule has 136 valence electrons. The van der Waals surface area contributed by atoms with Gasteiger partial charge in [-0.3, -0.25) is 4.79 Å². The van der Waals surface area contributed by atoms with Crippen LogP contribution in [0.25, 0.3) is 11.5 Å². The normalized spacial score (nSPS) is 22.2. The van der Waals surface area contributed by atoms with Gasteiger partial charge < -0.3 is 9.84 Å². The lowest BCUT2D eigenvalue weighted by atomic mass is 9.94. The van der Waals surface area contributed by atoms with E-state index < -0.39 is 6.17 Å². The van der Waals surface area contributed by atoms with Gasteiger partial charge in [-0.25, -0.2) is 4.39 Å². The van der Waals surface area contributed by atoms with Crippen LogP contribution >= 0.6 is 11.3 Å². The van der Waals surface area contributed by atoms with Crippen molar-refractivity contribution in [2.24, 2.45) is 0 Å². The van der Waals surface area contributed by atoms with E-state index in [0.717, 1.165) is 59.5 Å². The molecule has 5 rings (SSSR count). The molecule has 2 aromatic rings. The zero-order valence-corrected chi connectivity index (χ0v) is 15.2. The average molecular weight is 373 g/mol. The number of thiophene rings is 1. The van der Waals surface area contributed by atoms with Gasteiger partial charge in [0.15, 0.2) is 5.82 Å². The third kappa shape index (κ3) is 2.88. The van der Waals surface area contributed by atoms with Crippen molar-refractivity contribution >= 4 is 22.2 Å². The number of hydrogen-bond donors (Lipinski definition) is 1. The van der Waals surface area contributed by atoms with Crippen molar-refractivity contribution in [3.05, 3.63) is 27.9 Å². The fourth-order valence-electron chi connectivity index (χ4n) is 3.76. The molecule has 3 aliphatic rings. The monoisotopic (exact) mass is 373 g/mol. The standard InChI is InChI=1S/C19H20FN3O2S/c20-12-7-8-13-14(9-12)26-19(22-17(24)11-3-1-2-4-11)15(13)18-21-16(23-25-18)10-5-6-10/h3,10,12H,1-2,4-9H2,(H,22,24). The number of aromatic nitrogens is 2. The molecule has 3 aliphatic carbocycles. The number of alkyl halides is 1. The summed E-state index contributed by atoms with van der Waals surface area (Å²) in [5.74, 6) is 1.53. The Labute approximate surface area is 154 Å². The summed E-state index contributed by atoms with van der Waals surface area (Å²) < 4.78 is 19.4. The van der Waals surface area contributed by atoms with E-state index in [1.165, 1.54) is 11.3 Å². The number of anilines is 1. The summed E-state index contributed by atoms with van der Waals surface area (Å²) in [6.45, 7) is 0. The zero-order chi connectivity index (χ0) is 17.7. The van der Waals surface area contributed by atoms with Crippen molar-refractivity contribution in [3.8, 4) is 11.5 Å². The highest BCUT2D eigenvalue weighted by molar-refractivity contribution is 7.17. The number of halogens is 1. The van der Waals surface area contributed by atoms with Crippen molar-refractivity contribution in [2.75, 3.05) is 5.32 Å². The third-order valence-corrected chi connectivity index (χ3v) is 6.53. The first-order valence-corrected chi connectivity index (χ1v) is 10.1. The van der Waals surface area contributed by atoms with Gasteiger partial charge in [0.05, 0.1) is 5.56 Å². The van der Waals surface area contributed by atoms with E-state index >= 15 is 0 Å². The predicted molar refractivity (Wildman–Crippen MR) is 97.1 cm³/mol. The van der Waals surface area contributed by atoms with Crippen LogP contribution in [0.3, 0.4) is 0 Å². The van der Waals surface area contributed by atoms with Crippen LogP contribution in [0, 0.1) is 0 Å². The number of fused-ring (bicyclic) bond motifs is 1. The number of carbonyl (C=O) groups is 1. The molecule has 1 N–H and O–H groups in total. The minimum absolute atomic E-state index is 0.0684. The van der Waals surface area contributed by atoms with Crippen molar-refractivity contribution in [3.63, 3.8) is 0 Å². The summed E-state index contributed by atoms with van der Waals surface area (Å²) in [5.41, 5.74) is 2.70. The van der Waals surface area contributed by atoms with Crippen LogP contribution in [0.2, 0.25) is 0 Å². The fourth-order valence-corrected chi connectivity index (χ4v) is 5.06. The Morgan fingerprint density at radius 3 is 2.96 bits per heavy atom. The molecule has 5 nitrogen and oxygen atoms in total. The largest absolute Gasteiger partial charge is 0.334 e. The maximum atomic E-state index is 13.9. The van der Waals surface area contributed by atoms with E-state index in [2.05, 4.69) is 15.5 Å². The maximum Gasteiger partial charge on any atom is 0.261 e. The van der Waals surface area contributed by atoms with Gasteiger partial charge in [-0.05, 0) is 50.5 Å². The minimum atomic E-state index is -0.820. The van der Waals surface area contributed by atoms with E-state index in [4.69, 9.17) is 4.52 Å². The number of hydrogen-bond acceptors (Lipinski definition) is 5. The molecule has 1 amide bonds. The van der Waals surface area contributed by atoms with Gasteiger partial charge in [0, 0.05) is 22.8 Å². The van der Waals surface area contributed by atoms with E-state index in [0.29, 0.717) is 36.1 Å². The van der Waals surface area contributed by atoms with Crippen LogP contribution in [0.15, 0.2) is 16.2 Å². The Morgan fingerprint density at radius 2 is 2.19 bits per heavy atom. The lowest BCUT2D eigenvalue weighted by molar-refractivity contribution is -0.112. The van der Waals surface area contributed by atoms with Gasteiger partial charge in [0.25, 0.3) is 11.8 Å². The van der Waals surface area contributed by atoms with Gasteiger partial charge in [0.2, 0.25) is 0 Å². The first kappa shape index (κ1) is 16.2. The molecule has 7 heteroatoms. The van der Waals surface area contributed by atoms with E-state index in [1.54, 1.807) is 0 Å². The smallest absolute Gasteiger partial charge is 0.261 e. The van der Waals surface area contributed by atoms with Gasteiger partial charge in [-0.2, -0.15) is 4.98 Å². The van der Waals surface area contributed by atoms with E-state index in [-0.39, 0.29) is 5.91 Å². The molecular formula is C19H20FN3O2S. The first-order valence-electron chi connectivity index (χ1n) is 9.32. The van der Waals surface area contributed by atoms with Crippen LogP contribution in [-0.2, 0) is 17.6 Å². The summed E-state index contributed by atoms with van der Waals surface area (Å²) in [6, 6.07) is 0. The molecule has 2 aromatic heterocycles. The summed E-state index contributed by atoms with van der Waals surface area (Å²) in [5, 5.41) is 7.87. The molecular weight excluding hydrogens is 353 g/mol. The van der Waals surface area contributed by atoms with E-state index in [9.17, 15) is 9.18 Å². The number of nitrogens with zero attached hydrogens (tertiary/aromatic N) is 2. The van der Waals surface area contributed by atoms with Crippen molar-refractivity contribution in [1.82, 2.24) is 10.1 Å². The van der Waals surface area contributed by atoms with Gasteiger partial charge >= 0.3 is 0 Å². The fraction of sp³-hybridized carbons (Fsp3) is 0.526. The van der Waals surface area contributed by atoms with Crippen molar-refractivity contribution in [1.29, 1.82) is 0 Å². The van der Waals surface area contributed by atoms with Crippen LogP contribution in [0.5, 0.6) is 0 Å². The maximum absolute atomic E-state index is 13.9. The number of nitrogens with one attached hydrogen (secondary N) is 1. The van der Waals surface area contributed by atoms with Crippen LogP contribution in [0.4, 0.5) is 9.39 Å². The van der Waals surface area contributed by atoms with Crippen molar-refractivity contribution < 1.29 is 13.7 Å². The Kier molecular flexibility index (Phi) is 3.92. The average Bonchev–Trinajstić information content (AvgIpc) is 3.04. The van der Waals surface area contributed by atoms with Gasteiger partial charge in [-0.15, -0.1) is 11.3 Å². The quantitative estimate of drug-likeness (QED) is 0.854. The second-order valence-electron chi connectivity index (χ2n) is 7.36. The molecule has 26 heavy (non-hydrogen) atoms. The molecule has 0 saturated heterocycles. The second-order valence-corrected chi connectivity index (χ2v) is 8.46. The summed E-state index contributed by atoms with van der Waals surface area (Å²) >= 11 is 1.45. The number of allylic oxidation sites excluding steroid dienone is 1. The molecule has 1 unspecified atom stereocenters. The lowest BCUT2D eigenvalue weighted by Crippen LogP contribution is -2.14. The van der Waals surface area contributed by atoms with Crippen molar-refractivity contribution in [2.45, 2.75) is 63.5 Å². The molecule has 1 fully saturated rings. The highest BCUT2D eigenvalue weighted by Gasteiger charge is 2.33. The SMILES string of the molecule is O=C(Nc1sc2c(c1-c1nc(C3CC3)no1)CCC(F)C2)C1=CCCC1. The third-order valence-electron chi connectivity index (χ3n) is 5.36. The number of rotatable bonds is 4. The Balaban J connectivity index is 1.53. The van der Waals surface area contributed by atoms with Gasteiger partial charge in [-0.1, -0.05) is 11.2 Å². The Hall–Kier alpha value is -2.02. The summed E-state index contributed by atoms with van der Waals surface area (Å²) in [7, 11) is 0. The molecule has 0 aliphatic heterocycles. The molecule has 1 atom stereocenters. The molecule has 0 radical (unpaired) electrons. The van der Waals surface area contributed by atoms with Crippen LogP contribution < -0.4 is 5.32 Å². The first-order chi connectivity index (χ1) is 12.7. The highest BCUT2D eigenvalue weighted by Crippen LogP contribution is 2.46. The van der Waals surface area contributed by atoms with Crippen LogP contribution in [-0.4, -0.2) is 22.2 Å². The second kappa shape index (κ2) is 6.30. The predicted octanol–water partition coefficient (Wildman–Crippen LogP) is 4.55. The number of carbonyl (C=O) groups excluding carboxylic acids is 1. The topological polar surface area (TPSA) is 68.0 Å². The van der Waals surface area contributed by atoms with E-state index in [1.807, 2.05) is 6.08 Å². The molecule has 2 heterocycles. The molecule has 0 spiro atoms. The minimum Gasteiger partial charge on any atom is -0.334 e. The Morgan fingerprint density at radius 1 is 1.31 bits per heavy atom. The lowest BCUT2D eigenvalue weighted by Gasteiger charge is -2.15. The molecule has 0 aromatic carbocycles. The molecule has 0 bridgehead atoms. The van der Waals surface area contributed by atoms with Crippen LogP contribution in [0.1, 0.15) is 60.7 Å². The highest BCUT2D eigenvalue weighted by atomic mass is 32.1. The Bertz CT molecular complexity index is 897.